The van der Waals surface area contributed by atoms with Crippen molar-refractivity contribution < 1.29 is 14.3 Å². The lowest BCUT2D eigenvalue weighted by Crippen LogP contribution is -2.18. The molecule has 0 aliphatic heterocycles. The lowest BCUT2D eigenvalue weighted by Gasteiger charge is -2.10. The predicted octanol–water partition coefficient (Wildman–Crippen LogP) is 2.39. The van der Waals surface area contributed by atoms with E-state index in [9.17, 15) is 14.3 Å². The highest BCUT2D eigenvalue weighted by Crippen LogP contribution is 2.21. The zero-order chi connectivity index (χ0) is 17.8. The van der Waals surface area contributed by atoms with Crippen molar-refractivity contribution >= 4 is 5.91 Å². The monoisotopic (exact) mass is 339 g/mol. The predicted molar refractivity (Wildman–Crippen MR) is 91.5 cm³/mol. The largest absolute Gasteiger partial charge is 0.505 e. The van der Waals surface area contributed by atoms with E-state index >= 15 is 0 Å². The third-order valence-electron chi connectivity index (χ3n) is 3.99. The van der Waals surface area contributed by atoms with Crippen LogP contribution < -0.4 is 5.73 Å². The Morgan fingerprint density at radius 1 is 1.16 bits per heavy atom. The molecule has 0 saturated heterocycles. The highest BCUT2D eigenvalue weighted by molar-refractivity contribution is 5.76. The minimum atomic E-state index is -0.675. The van der Waals surface area contributed by atoms with E-state index in [0.717, 1.165) is 11.3 Å². The molecule has 6 heteroatoms. The van der Waals surface area contributed by atoms with Crippen LogP contribution in [-0.2, 0) is 24.2 Å². The third kappa shape index (κ3) is 3.85. The van der Waals surface area contributed by atoms with Gasteiger partial charge in [0.2, 0.25) is 5.91 Å². The number of aromatic nitrogens is 2. The Bertz CT molecular complexity index is 891. The van der Waals surface area contributed by atoms with Gasteiger partial charge in [-0.25, -0.2) is 9.37 Å². The van der Waals surface area contributed by atoms with Gasteiger partial charge in [0.15, 0.2) is 11.6 Å². The number of aromatic hydroxyl groups is 1. The van der Waals surface area contributed by atoms with Crippen LogP contribution in [0.1, 0.15) is 22.5 Å². The smallest absolute Gasteiger partial charge is 0.223 e. The molecule has 0 bridgehead atoms. The Morgan fingerprint density at radius 2 is 1.92 bits per heavy atom. The molecule has 2 aromatic carbocycles. The van der Waals surface area contributed by atoms with Gasteiger partial charge in [0.1, 0.15) is 0 Å². The third-order valence-corrected chi connectivity index (χ3v) is 3.99. The molecule has 0 saturated carbocycles. The van der Waals surface area contributed by atoms with Gasteiger partial charge in [-0.05, 0) is 11.6 Å². The summed E-state index contributed by atoms with van der Waals surface area (Å²) in [7, 11) is 0. The van der Waals surface area contributed by atoms with Gasteiger partial charge in [0, 0.05) is 12.0 Å². The minimum Gasteiger partial charge on any atom is -0.505 e. The zero-order valence-corrected chi connectivity index (χ0v) is 13.5. The van der Waals surface area contributed by atoms with Crippen molar-refractivity contribution in [3.05, 3.63) is 83.2 Å². The first kappa shape index (κ1) is 16.7. The molecule has 0 unspecified atom stereocenters. The number of carbonyl (C=O) groups is 1. The maximum Gasteiger partial charge on any atom is 0.223 e. The molecular formula is C19H18FN3O2. The van der Waals surface area contributed by atoms with E-state index in [-0.39, 0.29) is 13.0 Å². The molecule has 3 aromatic rings. The van der Waals surface area contributed by atoms with Gasteiger partial charge in [-0.1, -0.05) is 42.5 Å². The summed E-state index contributed by atoms with van der Waals surface area (Å²) in [6.45, 7) is 0.157. The number of phenols is 1. The zero-order valence-electron chi connectivity index (χ0n) is 13.5. The number of benzene rings is 2. The van der Waals surface area contributed by atoms with E-state index in [0.29, 0.717) is 17.7 Å². The summed E-state index contributed by atoms with van der Waals surface area (Å²) in [4.78, 5) is 15.8. The van der Waals surface area contributed by atoms with E-state index in [1.165, 1.54) is 6.07 Å². The van der Waals surface area contributed by atoms with Crippen LogP contribution in [0.15, 0.2) is 54.9 Å². The molecule has 3 N–H and O–H groups in total. The molecule has 3 rings (SSSR count). The van der Waals surface area contributed by atoms with Crippen molar-refractivity contribution in [3.8, 4) is 5.75 Å². The Morgan fingerprint density at radius 3 is 2.64 bits per heavy atom. The Labute approximate surface area is 144 Å². The average Bonchev–Trinajstić information content (AvgIpc) is 2.94. The van der Waals surface area contributed by atoms with Gasteiger partial charge in [0.05, 0.1) is 30.7 Å². The molecule has 0 radical (unpaired) electrons. The Balaban J connectivity index is 1.93. The van der Waals surface area contributed by atoms with Crippen molar-refractivity contribution in [2.75, 3.05) is 0 Å². The number of rotatable bonds is 6. The second-order valence-electron chi connectivity index (χ2n) is 5.82. The van der Waals surface area contributed by atoms with Crippen LogP contribution in [0.4, 0.5) is 4.39 Å². The molecular weight excluding hydrogens is 321 g/mol. The number of hydrogen-bond acceptors (Lipinski definition) is 3. The number of amides is 1. The average molecular weight is 339 g/mol. The second-order valence-corrected chi connectivity index (χ2v) is 5.82. The maximum absolute atomic E-state index is 14.1. The van der Waals surface area contributed by atoms with E-state index in [4.69, 9.17) is 5.73 Å². The van der Waals surface area contributed by atoms with E-state index in [1.807, 2.05) is 30.3 Å². The van der Waals surface area contributed by atoms with Crippen molar-refractivity contribution in [3.63, 3.8) is 0 Å². The molecule has 1 amide bonds. The summed E-state index contributed by atoms with van der Waals surface area (Å²) in [5.41, 5.74) is 8.12. The summed E-state index contributed by atoms with van der Waals surface area (Å²) in [5.74, 6) is -1.56. The molecule has 1 aromatic heterocycles. The highest BCUT2D eigenvalue weighted by Gasteiger charge is 2.16. The first-order valence-corrected chi connectivity index (χ1v) is 7.86. The van der Waals surface area contributed by atoms with Crippen molar-refractivity contribution in [1.29, 1.82) is 0 Å². The molecule has 1 heterocycles. The topological polar surface area (TPSA) is 81.1 Å². The number of nitrogens with two attached hydrogens (primary N) is 1. The fourth-order valence-corrected chi connectivity index (χ4v) is 2.76. The van der Waals surface area contributed by atoms with Crippen LogP contribution in [0, 0.1) is 5.82 Å². The molecule has 5 nitrogen and oxygen atoms in total. The highest BCUT2D eigenvalue weighted by atomic mass is 19.1. The number of halogens is 1. The molecule has 0 atom stereocenters. The number of phenolic OH excluding ortho intramolecular Hbond substituents is 1. The second kappa shape index (κ2) is 7.17. The number of nitrogens with zero attached hydrogens (tertiary/aromatic N) is 2. The summed E-state index contributed by atoms with van der Waals surface area (Å²) in [6.07, 6.45) is 2.14. The SMILES string of the molecule is NC(=O)Cc1c(Cc2ccccc2)ncn1Cc1cccc(O)c1F. The first-order valence-electron chi connectivity index (χ1n) is 7.86. The Hall–Kier alpha value is -3.15. The fourth-order valence-electron chi connectivity index (χ4n) is 2.76. The summed E-state index contributed by atoms with van der Waals surface area (Å²) < 4.78 is 15.8. The fraction of sp³-hybridized carbons (Fsp3) is 0.158. The van der Waals surface area contributed by atoms with Crippen LogP contribution in [0.2, 0.25) is 0 Å². The van der Waals surface area contributed by atoms with Crippen molar-refractivity contribution in [1.82, 2.24) is 9.55 Å². The van der Waals surface area contributed by atoms with Crippen LogP contribution in [-0.4, -0.2) is 20.6 Å². The van der Waals surface area contributed by atoms with Crippen molar-refractivity contribution in [2.24, 2.45) is 5.73 Å². The molecule has 0 spiro atoms. The van der Waals surface area contributed by atoms with Crippen molar-refractivity contribution in [2.45, 2.75) is 19.4 Å². The summed E-state index contributed by atoms with van der Waals surface area (Å²) in [6, 6.07) is 14.2. The van der Waals surface area contributed by atoms with Gasteiger partial charge in [-0.3, -0.25) is 4.79 Å². The van der Waals surface area contributed by atoms with Gasteiger partial charge in [-0.2, -0.15) is 0 Å². The van der Waals surface area contributed by atoms with Crippen LogP contribution in [0.25, 0.3) is 0 Å². The molecule has 25 heavy (non-hydrogen) atoms. The molecule has 128 valence electrons. The van der Waals surface area contributed by atoms with Gasteiger partial charge in [-0.15, -0.1) is 0 Å². The van der Waals surface area contributed by atoms with Gasteiger partial charge in [0.25, 0.3) is 0 Å². The summed E-state index contributed by atoms with van der Waals surface area (Å²) >= 11 is 0. The first-order chi connectivity index (χ1) is 12.0. The van der Waals surface area contributed by atoms with Gasteiger partial charge < -0.3 is 15.4 Å². The maximum atomic E-state index is 14.1. The number of primary amides is 1. The van der Waals surface area contributed by atoms with Crippen LogP contribution in [0.3, 0.4) is 0 Å². The Kier molecular flexibility index (Phi) is 4.79. The lowest BCUT2D eigenvalue weighted by molar-refractivity contribution is -0.117. The standard InChI is InChI=1S/C19H18FN3O2/c20-19-14(7-4-8-17(19)24)11-23-12-22-15(16(23)10-18(21)25)9-13-5-2-1-3-6-13/h1-8,12,24H,9-11H2,(H2,21,25). The quantitative estimate of drug-likeness (QED) is 0.723. The molecule has 0 aliphatic carbocycles. The van der Waals surface area contributed by atoms with E-state index in [2.05, 4.69) is 4.98 Å². The summed E-state index contributed by atoms with van der Waals surface area (Å²) in [5, 5.41) is 9.52. The minimum absolute atomic E-state index is 0.0165. The van der Waals surface area contributed by atoms with Gasteiger partial charge >= 0.3 is 0 Å². The van der Waals surface area contributed by atoms with Crippen LogP contribution >= 0.6 is 0 Å². The molecule has 0 aliphatic rings. The van der Waals surface area contributed by atoms with E-state index < -0.39 is 17.5 Å². The number of carbonyl (C=O) groups excluding carboxylic acids is 1. The normalized spacial score (nSPS) is 10.8. The lowest BCUT2D eigenvalue weighted by atomic mass is 10.1. The van der Waals surface area contributed by atoms with E-state index in [1.54, 1.807) is 23.0 Å². The molecule has 0 fully saturated rings. The number of hydrogen-bond donors (Lipinski definition) is 2. The number of imidazole rings is 1. The van der Waals surface area contributed by atoms with Crippen LogP contribution in [0.5, 0.6) is 5.75 Å².